The summed E-state index contributed by atoms with van der Waals surface area (Å²) in [6.45, 7) is 7.05. The van der Waals surface area contributed by atoms with Gasteiger partial charge in [0.2, 0.25) is 0 Å². The third kappa shape index (κ3) is 2.00. The third-order valence-electron chi connectivity index (χ3n) is 3.72. The fraction of sp³-hybridized carbons (Fsp3) is 0.571. The summed E-state index contributed by atoms with van der Waals surface area (Å²) in [6.07, 6.45) is 0.518. The van der Waals surface area contributed by atoms with Crippen LogP contribution in [0.4, 0.5) is 0 Å². The lowest BCUT2D eigenvalue weighted by Crippen LogP contribution is -2.23. The van der Waals surface area contributed by atoms with E-state index in [1.165, 1.54) is 11.1 Å². The number of aliphatic hydroxyl groups is 1. The second-order valence-corrected chi connectivity index (χ2v) is 4.84. The van der Waals surface area contributed by atoms with E-state index in [0.29, 0.717) is 5.92 Å². The number of hydrogen-bond donors (Lipinski definition) is 1. The molecule has 0 bridgehead atoms. The first-order chi connectivity index (χ1) is 7.61. The molecule has 0 aromatic heterocycles. The van der Waals surface area contributed by atoms with Crippen molar-refractivity contribution in [2.24, 2.45) is 5.92 Å². The van der Waals surface area contributed by atoms with E-state index in [1.807, 2.05) is 12.1 Å². The average Bonchev–Trinajstić information content (AvgIpc) is 2.68. The molecule has 88 valence electrons. The molecule has 1 aliphatic heterocycles. The Morgan fingerprint density at radius 2 is 2.12 bits per heavy atom. The van der Waals surface area contributed by atoms with E-state index in [-0.39, 0.29) is 6.10 Å². The van der Waals surface area contributed by atoms with Gasteiger partial charge in [-0.2, -0.15) is 0 Å². The van der Waals surface area contributed by atoms with Crippen molar-refractivity contribution in [2.45, 2.75) is 39.4 Å². The van der Waals surface area contributed by atoms with Crippen LogP contribution in [0.5, 0.6) is 0 Å². The third-order valence-corrected chi connectivity index (χ3v) is 3.72. The molecule has 1 aromatic carbocycles. The highest BCUT2D eigenvalue weighted by Crippen LogP contribution is 2.33. The number of rotatable bonds is 2. The zero-order chi connectivity index (χ0) is 11.7. The molecule has 0 spiro atoms. The van der Waals surface area contributed by atoms with Crippen LogP contribution in [0.1, 0.15) is 36.1 Å². The summed E-state index contributed by atoms with van der Waals surface area (Å²) in [4.78, 5) is 0. The molecule has 2 heteroatoms. The number of aliphatic hydroxyl groups excluding tert-OH is 1. The molecule has 2 nitrogen and oxygen atoms in total. The first-order valence-electron chi connectivity index (χ1n) is 5.97. The maximum absolute atomic E-state index is 10.4. The molecule has 2 rings (SSSR count). The molecule has 1 aliphatic rings. The van der Waals surface area contributed by atoms with Crippen molar-refractivity contribution in [3.05, 3.63) is 34.9 Å². The van der Waals surface area contributed by atoms with Crippen LogP contribution in [0, 0.1) is 19.8 Å². The molecule has 1 fully saturated rings. The van der Waals surface area contributed by atoms with Gasteiger partial charge in [-0.15, -0.1) is 0 Å². The highest BCUT2D eigenvalue weighted by Gasteiger charge is 2.32. The zero-order valence-electron chi connectivity index (χ0n) is 10.2. The van der Waals surface area contributed by atoms with Gasteiger partial charge < -0.3 is 9.84 Å². The van der Waals surface area contributed by atoms with Gasteiger partial charge in [0.25, 0.3) is 0 Å². The van der Waals surface area contributed by atoms with Crippen molar-refractivity contribution in [1.29, 1.82) is 0 Å². The first kappa shape index (κ1) is 11.6. The molecule has 16 heavy (non-hydrogen) atoms. The number of ether oxygens (including phenoxy) is 1. The minimum Gasteiger partial charge on any atom is -0.386 e. The van der Waals surface area contributed by atoms with Crippen LogP contribution in [0.25, 0.3) is 0 Å². The van der Waals surface area contributed by atoms with E-state index in [2.05, 4.69) is 26.8 Å². The molecule has 0 radical (unpaired) electrons. The van der Waals surface area contributed by atoms with Crippen LogP contribution < -0.4 is 0 Å². The Balaban J connectivity index is 2.26. The maximum atomic E-state index is 10.4. The second-order valence-electron chi connectivity index (χ2n) is 4.84. The van der Waals surface area contributed by atoms with Crippen LogP contribution in [0.15, 0.2) is 18.2 Å². The number of aryl methyl sites for hydroxylation is 1. The van der Waals surface area contributed by atoms with E-state index in [9.17, 15) is 5.11 Å². The normalized spacial score (nSPS) is 27.0. The summed E-state index contributed by atoms with van der Waals surface area (Å²) in [5, 5.41) is 10.4. The van der Waals surface area contributed by atoms with Gasteiger partial charge in [0.1, 0.15) is 6.10 Å². The Bertz CT molecular complexity index is 373. The van der Waals surface area contributed by atoms with Gasteiger partial charge in [0.05, 0.1) is 6.10 Å². The fourth-order valence-electron chi connectivity index (χ4n) is 2.39. The molecule has 0 amide bonds. The lowest BCUT2D eigenvalue weighted by Gasteiger charge is -2.23. The molecule has 1 heterocycles. The summed E-state index contributed by atoms with van der Waals surface area (Å²) >= 11 is 0. The molecule has 1 N–H and O–H groups in total. The van der Waals surface area contributed by atoms with Crippen LogP contribution >= 0.6 is 0 Å². The van der Waals surface area contributed by atoms with E-state index in [1.54, 1.807) is 0 Å². The minimum atomic E-state index is -0.489. The Morgan fingerprint density at radius 1 is 1.38 bits per heavy atom. The standard InChI is InChI=1S/C14H20O2/c1-9-5-4-6-12(11(9)3)13(15)14-10(2)7-8-16-14/h4-6,10,13-15H,7-8H2,1-3H3. The zero-order valence-corrected chi connectivity index (χ0v) is 10.2. The Hall–Kier alpha value is -0.860. The van der Waals surface area contributed by atoms with Gasteiger partial charge in [-0.05, 0) is 42.9 Å². The quantitative estimate of drug-likeness (QED) is 0.830. The predicted octanol–water partition coefficient (Wildman–Crippen LogP) is 2.76. The lowest BCUT2D eigenvalue weighted by atomic mass is 9.91. The lowest BCUT2D eigenvalue weighted by molar-refractivity contribution is -0.0181. The van der Waals surface area contributed by atoms with Gasteiger partial charge in [-0.3, -0.25) is 0 Å². The molecule has 3 atom stereocenters. The second kappa shape index (κ2) is 4.56. The van der Waals surface area contributed by atoms with Crippen molar-refractivity contribution < 1.29 is 9.84 Å². The van der Waals surface area contributed by atoms with Gasteiger partial charge in [-0.1, -0.05) is 25.1 Å². The van der Waals surface area contributed by atoms with Gasteiger partial charge >= 0.3 is 0 Å². The molecule has 3 unspecified atom stereocenters. The molecular formula is C14H20O2. The monoisotopic (exact) mass is 220 g/mol. The molecule has 0 saturated carbocycles. The Labute approximate surface area is 97.3 Å². The van der Waals surface area contributed by atoms with Crippen LogP contribution in [-0.2, 0) is 4.74 Å². The van der Waals surface area contributed by atoms with E-state index in [0.717, 1.165) is 18.6 Å². The topological polar surface area (TPSA) is 29.5 Å². The van der Waals surface area contributed by atoms with Gasteiger partial charge in [0.15, 0.2) is 0 Å². The van der Waals surface area contributed by atoms with Crippen molar-refractivity contribution in [2.75, 3.05) is 6.61 Å². The van der Waals surface area contributed by atoms with Gasteiger partial charge in [0, 0.05) is 6.61 Å². The average molecular weight is 220 g/mol. The SMILES string of the molecule is Cc1cccc(C(O)C2OCCC2C)c1C. The summed E-state index contributed by atoms with van der Waals surface area (Å²) in [5.41, 5.74) is 3.42. The number of benzene rings is 1. The highest BCUT2D eigenvalue weighted by atomic mass is 16.5. The maximum Gasteiger partial charge on any atom is 0.106 e. The summed E-state index contributed by atoms with van der Waals surface area (Å²) in [5.74, 6) is 0.440. The van der Waals surface area contributed by atoms with Gasteiger partial charge in [-0.25, -0.2) is 0 Å². The Morgan fingerprint density at radius 3 is 2.75 bits per heavy atom. The minimum absolute atomic E-state index is 0.0412. The summed E-state index contributed by atoms with van der Waals surface area (Å²) < 4.78 is 5.63. The predicted molar refractivity (Wildman–Crippen MR) is 64.4 cm³/mol. The van der Waals surface area contributed by atoms with Crippen molar-refractivity contribution in [1.82, 2.24) is 0 Å². The largest absolute Gasteiger partial charge is 0.386 e. The molecule has 1 saturated heterocycles. The van der Waals surface area contributed by atoms with Crippen molar-refractivity contribution >= 4 is 0 Å². The fourth-order valence-corrected chi connectivity index (χ4v) is 2.39. The van der Waals surface area contributed by atoms with Crippen molar-refractivity contribution in [3.63, 3.8) is 0 Å². The van der Waals surface area contributed by atoms with E-state index in [4.69, 9.17) is 4.74 Å². The van der Waals surface area contributed by atoms with Crippen LogP contribution in [0.2, 0.25) is 0 Å². The Kier molecular flexibility index (Phi) is 3.31. The smallest absolute Gasteiger partial charge is 0.106 e. The molecule has 0 aliphatic carbocycles. The molecule has 1 aromatic rings. The van der Waals surface area contributed by atoms with Crippen LogP contribution in [-0.4, -0.2) is 17.8 Å². The first-order valence-corrected chi connectivity index (χ1v) is 5.97. The van der Waals surface area contributed by atoms with E-state index < -0.39 is 6.10 Å². The molecular weight excluding hydrogens is 200 g/mol. The summed E-state index contributed by atoms with van der Waals surface area (Å²) in [6, 6.07) is 6.08. The summed E-state index contributed by atoms with van der Waals surface area (Å²) in [7, 11) is 0. The van der Waals surface area contributed by atoms with E-state index >= 15 is 0 Å². The van der Waals surface area contributed by atoms with Crippen molar-refractivity contribution in [3.8, 4) is 0 Å². The number of hydrogen-bond acceptors (Lipinski definition) is 2. The highest BCUT2D eigenvalue weighted by molar-refractivity contribution is 5.35. The van der Waals surface area contributed by atoms with Crippen LogP contribution in [0.3, 0.4) is 0 Å².